The quantitative estimate of drug-likeness (QED) is 0.575. The molecule has 0 spiro atoms. The fourth-order valence-corrected chi connectivity index (χ4v) is 1.58. The zero-order chi connectivity index (χ0) is 8.97. The van der Waals surface area contributed by atoms with E-state index in [2.05, 4.69) is 16.2 Å². The van der Waals surface area contributed by atoms with Crippen LogP contribution >= 0.6 is 11.8 Å². The monoisotopic (exact) mass is 189 g/mol. The molecule has 0 aromatic rings. The molecule has 5 nitrogen and oxygen atoms in total. The first-order chi connectivity index (χ1) is 5.74. The summed E-state index contributed by atoms with van der Waals surface area (Å²) in [5.41, 5.74) is 4.93. The molecule has 0 radical (unpaired) electrons. The van der Waals surface area contributed by atoms with Gasteiger partial charge >= 0.3 is 6.03 Å². The Morgan fingerprint density at radius 2 is 2.25 bits per heavy atom. The Kier molecular flexibility index (Phi) is 3.36. The van der Waals surface area contributed by atoms with E-state index in [-0.39, 0.29) is 11.3 Å². The third-order valence-corrected chi connectivity index (χ3v) is 2.59. The zero-order valence-corrected chi connectivity index (χ0v) is 7.53. The molecule has 1 saturated heterocycles. The van der Waals surface area contributed by atoms with Crippen LogP contribution in [0.2, 0.25) is 0 Å². The van der Waals surface area contributed by atoms with Crippen LogP contribution in [0.25, 0.3) is 0 Å². The normalized spacial score (nSPS) is 23.2. The Balaban J connectivity index is 2.35. The van der Waals surface area contributed by atoms with Gasteiger partial charge < -0.3 is 0 Å². The Bertz CT molecular complexity index is 197. The molecular formula is C6H11N3O2S. The lowest BCUT2D eigenvalue weighted by Gasteiger charge is -2.22. The van der Waals surface area contributed by atoms with E-state index in [1.54, 1.807) is 0 Å². The van der Waals surface area contributed by atoms with Gasteiger partial charge in [-0.1, -0.05) is 6.92 Å². The molecule has 3 N–H and O–H groups in total. The number of hydrazine groups is 1. The van der Waals surface area contributed by atoms with Crippen molar-refractivity contribution in [3.05, 3.63) is 0 Å². The highest BCUT2D eigenvalue weighted by Crippen LogP contribution is 2.10. The summed E-state index contributed by atoms with van der Waals surface area (Å²) in [5.74, 6) is 0.609. The van der Waals surface area contributed by atoms with Gasteiger partial charge in [-0.25, -0.2) is 10.2 Å². The summed E-state index contributed by atoms with van der Waals surface area (Å²) in [6, 6.07) is -0.492. The summed E-state index contributed by atoms with van der Waals surface area (Å²) in [7, 11) is 0. The molecule has 68 valence electrons. The van der Waals surface area contributed by atoms with Crippen LogP contribution in [0.1, 0.15) is 13.3 Å². The minimum absolute atomic E-state index is 0.280. The standard InChI is InChI=1S/C6H11N3O2S/c1-2-3-12-5-4(10)7-6(11)9-8-5/h5,8H,2-3H2,1H3,(H2,7,9,10,11). The number of hydrogen-bond acceptors (Lipinski definition) is 4. The fourth-order valence-electron chi connectivity index (χ4n) is 0.758. The average Bonchev–Trinajstić information content (AvgIpc) is 2.03. The lowest BCUT2D eigenvalue weighted by atomic mass is 10.5. The van der Waals surface area contributed by atoms with Gasteiger partial charge in [0.15, 0.2) is 5.37 Å². The van der Waals surface area contributed by atoms with Crippen molar-refractivity contribution >= 4 is 23.7 Å². The molecule has 1 aliphatic heterocycles. The topological polar surface area (TPSA) is 70.2 Å². The van der Waals surface area contributed by atoms with E-state index in [9.17, 15) is 9.59 Å². The molecule has 12 heavy (non-hydrogen) atoms. The number of thioether (sulfide) groups is 1. The van der Waals surface area contributed by atoms with Crippen LogP contribution in [0.5, 0.6) is 0 Å². The molecule has 1 aliphatic rings. The molecule has 1 rings (SSSR count). The molecule has 0 saturated carbocycles. The molecule has 1 fully saturated rings. The predicted molar refractivity (Wildman–Crippen MR) is 46.3 cm³/mol. The van der Waals surface area contributed by atoms with Crippen LogP contribution in [-0.4, -0.2) is 23.1 Å². The second-order valence-corrected chi connectivity index (χ2v) is 3.55. The minimum Gasteiger partial charge on any atom is -0.275 e. The Morgan fingerprint density at radius 3 is 2.83 bits per heavy atom. The third kappa shape index (κ3) is 2.38. The van der Waals surface area contributed by atoms with Crippen LogP contribution in [0, 0.1) is 0 Å². The van der Waals surface area contributed by atoms with Crippen molar-refractivity contribution in [3.63, 3.8) is 0 Å². The minimum atomic E-state index is -0.492. The number of rotatable bonds is 3. The van der Waals surface area contributed by atoms with Crippen molar-refractivity contribution < 1.29 is 9.59 Å². The van der Waals surface area contributed by atoms with E-state index in [1.807, 2.05) is 6.92 Å². The number of nitrogens with one attached hydrogen (secondary N) is 3. The number of imide groups is 1. The van der Waals surface area contributed by atoms with Gasteiger partial charge in [-0.3, -0.25) is 15.5 Å². The number of urea groups is 1. The number of carbonyl (C=O) groups is 2. The maximum atomic E-state index is 11.1. The first-order valence-electron chi connectivity index (χ1n) is 3.72. The third-order valence-electron chi connectivity index (χ3n) is 1.28. The SMILES string of the molecule is CCCSC1NNC(=O)NC1=O. The van der Waals surface area contributed by atoms with Crippen LogP contribution in [0.3, 0.4) is 0 Å². The van der Waals surface area contributed by atoms with Gasteiger partial charge in [-0.2, -0.15) is 0 Å². The summed E-state index contributed by atoms with van der Waals surface area (Å²) in [4.78, 5) is 21.6. The van der Waals surface area contributed by atoms with Crippen molar-refractivity contribution in [3.8, 4) is 0 Å². The summed E-state index contributed by atoms with van der Waals surface area (Å²) in [6.07, 6.45) is 1.00. The van der Waals surface area contributed by atoms with Crippen LogP contribution in [0.4, 0.5) is 4.79 Å². The van der Waals surface area contributed by atoms with Gasteiger partial charge in [-0.15, -0.1) is 11.8 Å². The first kappa shape index (κ1) is 9.34. The maximum absolute atomic E-state index is 11.1. The predicted octanol–water partition coefficient (Wildman–Crippen LogP) is -0.200. The van der Waals surface area contributed by atoms with E-state index in [0.717, 1.165) is 12.2 Å². The van der Waals surface area contributed by atoms with Gasteiger partial charge in [0.25, 0.3) is 5.91 Å². The van der Waals surface area contributed by atoms with Crippen molar-refractivity contribution in [1.82, 2.24) is 16.2 Å². The van der Waals surface area contributed by atoms with E-state index in [1.165, 1.54) is 11.8 Å². The zero-order valence-electron chi connectivity index (χ0n) is 6.72. The molecule has 3 amide bonds. The number of amides is 3. The number of carbonyl (C=O) groups excluding carboxylic acids is 2. The Labute approximate surface area is 74.6 Å². The van der Waals surface area contributed by atoms with Gasteiger partial charge in [0, 0.05) is 0 Å². The second-order valence-electron chi connectivity index (χ2n) is 2.34. The van der Waals surface area contributed by atoms with Gasteiger partial charge in [-0.05, 0) is 12.2 Å². The average molecular weight is 189 g/mol. The lowest BCUT2D eigenvalue weighted by Crippen LogP contribution is -2.61. The molecule has 0 aromatic heterocycles. The fraction of sp³-hybridized carbons (Fsp3) is 0.667. The van der Waals surface area contributed by atoms with Crippen LogP contribution in [-0.2, 0) is 4.79 Å². The van der Waals surface area contributed by atoms with E-state index in [0.29, 0.717) is 0 Å². The van der Waals surface area contributed by atoms with Crippen LogP contribution in [0.15, 0.2) is 0 Å². The Morgan fingerprint density at radius 1 is 1.50 bits per heavy atom. The highest BCUT2D eigenvalue weighted by molar-refractivity contribution is 8.00. The molecule has 0 bridgehead atoms. The highest BCUT2D eigenvalue weighted by atomic mass is 32.2. The van der Waals surface area contributed by atoms with Crippen molar-refractivity contribution in [2.24, 2.45) is 0 Å². The molecule has 0 aliphatic carbocycles. The van der Waals surface area contributed by atoms with E-state index in [4.69, 9.17) is 0 Å². The Hall–Kier alpha value is -0.750. The second kappa shape index (κ2) is 4.32. The molecule has 1 unspecified atom stereocenters. The van der Waals surface area contributed by atoms with E-state index < -0.39 is 6.03 Å². The lowest BCUT2D eigenvalue weighted by molar-refractivity contribution is -0.120. The van der Waals surface area contributed by atoms with Crippen molar-refractivity contribution in [2.45, 2.75) is 18.7 Å². The molecule has 6 heteroatoms. The van der Waals surface area contributed by atoms with Crippen molar-refractivity contribution in [2.75, 3.05) is 5.75 Å². The summed E-state index contributed by atoms with van der Waals surface area (Å²) in [6.45, 7) is 2.03. The van der Waals surface area contributed by atoms with Gasteiger partial charge in [0.05, 0.1) is 0 Å². The molecular weight excluding hydrogens is 178 g/mol. The summed E-state index contributed by atoms with van der Waals surface area (Å²) in [5, 5.41) is 1.81. The number of hydrogen-bond donors (Lipinski definition) is 3. The summed E-state index contributed by atoms with van der Waals surface area (Å²) < 4.78 is 0. The smallest absolute Gasteiger partial charge is 0.275 e. The van der Waals surface area contributed by atoms with Crippen molar-refractivity contribution in [1.29, 1.82) is 0 Å². The molecule has 1 heterocycles. The van der Waals surface area contributed by atoms with Crippen LogP contribution < -0.4 is 16.2 Å². The van der Waals surface area contributed by atoms with Gasteiger partial charge in [0.1, 0.15) is 0 Å². The first-order valence-corrected chi connectivity index (χ1v) is 4.77. The van der Waals surface area contributed by atoms with Gasteiger partial charge in [0.2, 0.25) is 0 Å². The summed E-state index contributed by atoms with van der Waals surface area (Å²) >= 11 is 1.47. The molecule has 0 aromatic carbocycles. The largest absolute Gasteiger partial charge is 0.335 e. The highest BCUT2D eigenvalue weighted by Gasteiger charge is 2.25. The molecule has 1 atom stereocenters. The van der Waals surface area contributed by atoms with E-state index >= 15 is 0 Å². The maximum Gasteiger partial charge on any atom is 0.335 e.